The van der Waals surface area contributed by atoms with Crippen LogP contribution in [0.1, 0.15) is 0 Å². The van der Waals surface area contributed by atoms with Crippen molar-refractivity contribution in [2.45, 2.75) is 0 Å². The molecule has 17 heavy (non-hydrogen) atoms. The van der Waals surface area contributed by atoms with Crippen LogP contribution in [0.2, 0.25) is 10.0 Å². The van der Waals surface area contributed by atoms with E-state index in [1.54, 1.807) is 18.2 Å². The van der Waals surface area contributed by atoms with Gasteiger partial charge in [-0.25, -0.2) is 0 Å². The lowest BCUT2D eigenvalue weighted by Gasteiger charge is -2.17. The predicted molar refractivity (Wildman–Crippen MR) is 76.9 cm³/mol. The lowest BCUT2D eigenvalue weighted by Crippen LogP contribution is -2.33. The number of rotatable bonds is 3. The van der Waals surface area contributed by atoms with Crippen LogP contribution in [0.25, 0.3) is 0 Å². The van der Waals surface area contributed by atoms with Crippen molar-refractivity contribution < 1.29 is 4.79 Å². The topological polar surface area (TPSA) is 32.3 Å². The summed E-state index contributed by atoms with van der Waals surface area (Å²) in [4.78, 5) is 13.0. The molecule has 1 heterocycles. The molecule has 0 saturated carbocycles. The van der Waals surface area contributed by atoms with E-state index >= 15 is 0 Å². The Bertz CT molecular complexity index is 465. The second-order valence-corrected chi connectivity index (χ2v) is 5.79. The van der Waals surface area contributed by atoms with E-state index in [1.165, 1.54) is 16.7 Å². The van der Waals surface area contributed by atoms with Gasteiger partial charge >= 0.3 is 0 Å². The number of anilines is 1. The monoisotopic (exact) mass is 306 g/mol. The van der Waals surface area contributed by atoms with Crippen LogP contribution in [0, 0.1) is 0 Å². The molecule has 0 spiro atoms. The molecule has 1 aliphatic heterocycles. The molecule has 0 aliphatic carbocycles. The average molecular weight is 307 g/mol. The van der Waals surface area contributed by atoms with Crippen LogP contribution in [0.3, 0.4) is 0 Å². The third-order valence-electron chi connectivity index (χ3n) is 2.20. The van der Waals surface area contributed by atoms with E-state index in [0.29, 0.717) is 32.5 Å². The number of nitrogens with zero attached hydrogens (tertiary/aromatic N) is 1. The van der Waals surface area contributed by atoms with Crippen molar-refractivity contribution in [3.63, 3.8) is 0 Å². The first-order valence-corrected chi connectivity index (χ1v) is 6.89. The molecule has 90 valence electrons. The molecule has 1 aliphatic rings. The smallest absolute Gasteiger partial charge is 0.239 e. The van der Waals surface area contributed by atoms with Crippen LogP contribution < -0.4 is 5.32 Å². The van der Waals surface area contributed by atoms with E-state index in [0.717, 1.165) is 0 Å². The van der Waals surface area contributed by atoms with Gasteiger partial charge in [0.2, 0.25) is 5.91 Å². The van der Waals surface area contributed by atoms with Gasteiger partial charge in [0, 0.05) is 5.02 Å². The van der Waals surface area contributed by atoms with E-state index in [9.17, 15) is 4.79 Å². The number of hydrogen-bond donors (Lipinski definition) is 1. The van der Waals surface area contributed by atoms with Gasteiger partial charge in [0.1, 0.15) is 4.32 Å². The highest BCUT2D eigenvalue weighted by molar-refractivity contribution is 8.23. The number of nitrogens with one attached hydrogen (secondary N) is 1. The number of carbonyl (C=O) groups excluding carboxylic acids is 1. The Balaban J connectivity index is 2.04. The zero-order valence-corrected chi connectivity index (χ0v) is 11.7. The molecule has 1 fully saturated rings. The molecule has 0 radical (unpaired) electrons. The lowest BCUT2D eigenvalue weighted by molar-refractivity contribution is -0.123. The van der Waals surface area contributed by atoms with Gasteiger partial charge in [-0.2, -0.15) is 0 Å². The number of hydrogen-bond acceptors (Lipinski definition) is 4. The fourth-order valence-corrected chi connectivity index (χ4v) is 2.76. The maximum Gasteiger partial charge on any atom is 0.239 e. The van der Waals surface area contributed by atoms with Crippen molar-refractivity contribution in [1.82, 2.24) is 4.90 Å². The molecule has 1 amide bonds. The van der Waals surface area contributed by atoms with Crippen LogP contribution in [-0.2, 0) is 4.79 Å². The molecule has 1 saturated heterocycles. The second kappa shape index (κ2) is 5.44. The second-order valence-electron chi connectivity index (χ2n) is 3.34. The van der Waals surface area contributed by atoms with E-state index in [1.807, 2.05) is 0 Å². The first-order chi connectivity index (χ1) is 8.08. The highest BCUT2D eigenvalue weighted by atomic mass is 35.5. The van der Waals surface area contributed by atoms with Gasteiger partial charge in [0.25, 0.3) is 0 Å². The molecule has 1 aromatic carbocycles. The highest BCUT2D eigenvalue weighted by Gasteiger charge is 2.26. The van der Waals surface area contributed by atoms with Crippen LogP contribution >= 0.6 is 47.2 Å². The number of benzene rings is 1. The summed E-state index contributed by atoms with van der Waals surface area (Å²) >= 11 is 18.3. The predicted octanol–water partition coefficient (Wildman–Crippen LogP) is 3.22. The van der Waals surface area contributed by atoms with Gasteiger partial charge in [-0.1, -0.05) is 47.2 Å². The van der Waals surface area contributed by atoms with E-state index < -0.39 is 0 Å². The normalized spacial score (nSPS) is 15.5. The summed E-state index contributed by atoms with van der Waals surface area (Å²) < 4.78 is 0.584. The van der Waals surface area contributed by atoms with E-state index in [-0.39, 0.29) is 5.91 Å². The average Bonchev–Trinajstić information content (AvgIpc) is 2.61. The molecular formula is C10H8Cl2N2OS2. The molecule has 7 heteroatoms. The molecule has 0 bridgehead atoms. The zero-order valence-electron chi connectivity index (χ0n) is 8.57. The number of amides is 1. The van der Waals surface area contributed by atoms with Crippen LogP contribution in [0.5, 0.6) is 0 Å². The molecule has 0 atom stereocenters. The van der Waals surface area contributed by atoms with Gasteiger partial charge in [0.05, 0.1) is 23.1 Å². The largest absolute Gasteiger partial charge is 0.366 e. The van der Waals surface area contributed by atoms with Crippen molar-refractivity contribution in [3.05, 3.63) is 28.2 Å². The highest BCUT2D eigenvalue weighted by Crippen LogP contribution is 2.26. The van der Waals surface area contributed by atoms with Crippen LogP contribution in [-0.4, -0.2) is 27.5 Å². The maximum absolute atomic E-state index is 11.5. The molecule has 0 aromatic heterocycles. The first kappa shape index (κ1) is 13.0. The number of halogens is 2. The third kappa shape index (κ3) is 3.04. The SMILES string of the molecule is O=C1CSC(=S)N1CNc1cc(Cl)ccc1Cl. The van der Waals surface area contributed by atoms with Crippen molar-refractivity contribution in [1.29, 1.82) is 0 Å². The summed E-state index contributed by atoms with van der Waals surface area (Å²) in [6.45, 7) is 0.310. The van der Waals surface area contributed by atoms with Gasteiger partial charge < -0.3 is 5.32 Å². The molecule has 0 unspecified atom stereocenters. The summed E-state index contributed by atoms with van der Waals surface area (Å²) in [6.07, 6.45) is 0. The number of thiocarbonyl (C=S) groups is 1. The minimum atomic E-state index is 0.00523. The molecule has 2 rings (SSSR count). The third-order valence-corrected chi connectivity index (χ3v) is 4.19. The Labute approximate surface area is 118 Å². The summed E-state index contributed by atoms with van der Waals surface area (Å²) in [5.41, 5.74) is 0.687. The minimum Gasteiger partial charge on any atom is -0.366 e. The summed E-state index contributed by atoms with van der Waals surface area (Å²) in [6, 6.07) is 5.11. The van der Waals surface area contributed by atoms with Crippen molar-refractivity contribution in [2.75, 3.05) is 17.7 Å². The van der Waals surface area contributed by atoms with Gasteiger partial charge in [-0.05, 0) is 18.2 Å². The summed E-state index contributed by atoms with van der Waals surface area (Å²) in [7, 11) is 0. The number of thioether (sulfide) groups is 1. The number of carbonyl (C=O) groups is 1. The first-order valence-electron chi connectivity index (χ1n) is 4.74. The Morgan fingerprint density at radius 2 is 2.24 bits per heavy atom. The Morgan fingerprint density at radius 3 is 2.88 bits per heavy atom. The fourth-order valence-electron chi connectivity index (χ4n) is 1.33. The van der Waals surface area contributed by atoms with E-state index in [2.05, 4.69) is 5.32 Å². The van der Waals surface area contributed by atoms with Crippen LogP contribution in [0.15, 0.2) is 18.2 Å². The van der Waals surface area contributed by atoms with Gasteiger partial charge in [0.15, 0.2) is 0 Å². The molecule has 1 N–H and O–H groups in total. The van der Waals surface area contributed by atoms with Crippen molar-refractivity contribution in [2.24, 2.45) is 0 Å². The minimum absolute atomic E-state index is 0.00523. The fraction of sp³-hybridized carbons (Fsp3) is 0.200. The Hall–Kier alpha value is -0.490. The molecule has 1 aromatic rings. The van der Waals surface area contributed by atoms with Crippen molar-refractivity contribution >= 4 is 63.1 Å². The van der Waals surface area contributed by atoms with Crippen LogP contribution in [0.4, 0.5) is 5.69 Å². The standard InChI is InChI=1S/C10H8Cl2N2OS2/c11-6-1-2-7(12)8(3-6)13-5-14-9(15)4-17-10(14)16/h1-3,13H,4-5H2. The molecular weight excluding hydrogens is 299 g/mol. The van der Waals surface area contributed by atoms with Gasteiger partial charge in [-0.15, -0.1) is 0 Å². The summed E-state index contributed by atoms with van der Waals surface area (Å²) in [5, 5.41) is 4.18. The summed E-state index contributed by atoms with van der Waals surface area (Å²) in [5.74, 6) is 0.412. The quantitative estimate of drug-likeness (QED) is 0.869. The lowest BCUT2D eigenvalue weighted by atomic mass is 10.3. The Kier molecular flexibility index (Phi) is 4.14. The zero-order chi connectivity index (χ0) is 12.4. The Morgan fingerprint density at radius 1 is 1.47 bits per heavy atom. The van der Waals surface area contributed by atoms with Gasteiger partial charge in [-0.3, -0.25) is 9.69 Å². The maximum atomic E-state index is 11.5. The van der Waals surface area contributed by atoms with Crippen molar-refractivity contribution in [3.8, 4) is 0 Å². The van der Waals surface area contributed by atoms with E-state index in [4.69, 9.17) is 35.4 Å². The molecule has 3 nitrogen and oxygen atoms in total.